The van der Waals surface area contributed by atoms with Crippen LogP contribution in [0.15, 0.2) is 42.5 Å². The lowest BCUT2D eigenvalue weighted by molar-refractivity contribution is -0.143. The summed E-state index contributed by atoms with van der Waals surface area (Å²) in [6.45, 7) is 3.48. The van der Waals surface area contributed by atoms with Gasteiger partial charge in [-0.05, 0) is 55.2 Å². The van der Waals surface area contributed by atoms with Gasteiger partial charge in [0.2, 0.25) is 5.91 Å². The van der Waals surface area contributed by atoms with Gasteiger partial charge in [-0.25, -0.2) is 0 Å². The lowest BCUT2D eigenvalue weighted by Crippen LogP contribution is -2.36. The topological polar surface area (TPSA) is 55.6 Å². The van der Waals surface area contributed by atoms with E-state index in [1.165, 1.54) is 6.92 Å². The van der Waals surface area contributed by atoms with Crippen LogP contribution < -0.4 is 5.73 Å². The highest BCUT2D eigenvalue weighted by Gasteiger charge is 2.52. The van der Waals surface area contributed by atoms with Crippen LogP contribution in [0, 0.1) is 6.92 Å². The van der Waals surface area contributed by atoms with Crippen LogP contribution in [-0.2, 0) is 21.9 Å². The number of carbonyl (C=O) groups is 1. The molecule has 2 aromatic rings. The number of alkyl halides is 6. The number of fused-ring (bicyclic) bond motifs is 1. The number of ether oxygens (including phenoxy) is 1. The summed E-state index contributed by atoms with van der Waals surface area (Å²) in [6, 6.07) is 8.04. The molecule has 0 radical (unpaired) electrons. The molecule has 4 nitrogen and oxygen atoms in total. The van der Waals surface area contributed by atoms with E-state index in [9.17, 15) is 31.1 Å². The molecule has 2 aliphatic rings. The number of nitrogens with zero attached hydrogens (tertiary/aromatic N) is 1. The maximum atomic E-state index is 13.3. The van der Waals surface area contributed by atoms with Crippen molar-refractivity contribution in [1.82, 2.24) is 4.90 Å². The van der Waals surface area contributed by atoms with Gasteiger partial charge in [-0.1, -0.05) is 24.3 Å². The van der Waals surface area contributed by atoms with E-state index in [1.807, 2.05) is 31.2 Å². The first kappa shape index (κ1) is 24.5. The van der Waals surface area contributed by atoms with Gasteiger partial charge < -0.3 is 15.4 Å². The second-order valence-electron chi connectivity index (χ2n) is 8.94. The van der Waals surface area contributed by atoms with Crippen molar-refractivity contribution in [2.75, 3.05) is 6.54 Å². The third-order valence-electron chi connectivity index (χ3n) is 6.69. The van der Waals surface area contributed by atoms with E-state index in [-0.39, 0.29) is 36.0 Å². The van der Waals surface area contributed by atoms with Crippen LogP contribution >= 0.6 is 0 Å². The minimum atomic E-state index is -4.95. The van der Waals surface area contributed by atoms with Crippen molar-refractivity contribution in [3.63, 3.8) is 0 Å². The SMILES string of the molecule is Cc1ccccc1C1[C@@H](O[C@H](C)c2cc(C(F)(F)F)cc(C(F)(F)F)c2)CN2C(=O)C(N)C[C@@H]12. The first-order valence-electron chi connectivity index (χ1n) is 10.8. The molecule has 5 atom stereocenters. The monoisotopic (exact) mass is 486 g/mol. The fraction of sp³-hybridized carbons (Fsp3) is 0.458. The predicted molar refractivity (Wildman–Crippen MR) is 112 cm³/mol. The number of carbonyl (C=O) groups excluding carboxylic acids is 1. The molecule has 0 aromatic heterocycles. The molecule has 2 N–H and O–H groups in total. The third kappa shape index (κ3) is 4.53. The molecule has 2 saturated heterocycles. The van der Waals surface area contributed by atoms with E-state index in [0.29, 0.717) is 18.6 Å². The number of amides is 1. The van der Waals surface area contributed by atoms with Crippen LogP contribution in [0.4, 0.5) is 26.3 Å². The minimum absolute atomic E-state index is 0.0953. The Labute approximate surface area is 192 Å². The molecule has 0 bridgehead atoms. The molecule has 2 unspecified atom stereocenters. The quantitative estimate of drug-likeness (QED) is 0.605. The zero-order valence-electron chi connectivity index (χ0n) is 18.5. The summed E-state index contributed by atoms with van der Waals surface area (Å²) >= 11 is 0. The standard InChI is InChI=1S/C24H24F6N2O2/c1-12-5-3-4-6-17(12)21-19-10-18(31)22(33)32(19)11-20(21)34-13(2)14-7-15(23(25,26)27)9-16(8-14)24(28,29)30/h3-9,13,18-21H,10-11,31H2,1-2H3/t13-,18?,19+,20+,21?/m1/s1. The van der Waals surface area contributed by atoms with Crippen LogP contribution in [0.5, 0.6) is 0 Å². The van der Waals surface area contributed by atoms with Gasteiger partial charge in [0.05, 0.1) is 29.4 Å². The first-order chi connectivity index (χ1) is 15.8. The van der Waals surface area contributed by atoms with Gasteiger partial charge in [0.25, 0.3) is 0 Å². The number of rotatable bonds is 4. The van der Waals surface area contributed by atoms with Crippen molar-refractivity contribution < 1.29 is 35.9 Å². The highest BCUT2D eigenvalue weighted by Crippen LogP contribution is 2.44. The minimum Gasteiger partial charge on any atom is -0.368 e. The molecule has 2 fully saturated rings. The Bertz CT molecular complexity index is 1050. The number of aryl methyl sites for hydroxylation is 1. The molecule has 2 heterocycles. The Hall–Kier alpha value is -2.59. The molecule has 1 amide bonds. The zero-order valence-corrected chi connectivity index (χ0v) is 18.5. The van der Waals surface area contributed by atoms with E-state index >= 15 is 0 Å². The molecule has 184 valence electrons. The second kappa shape index (κ2) is 8.57. The van der Waals surface area contributed by atoms with Crippen molar-refractivity contribution in [1.29, 1.82) is 0 Å². The average Bonchev–Trinajstić information content (AvgIpc) is 3.22. The second-order valence-corrected chi connectivity index (χ2v) is 8.94. The molecule has 0 saturated carbocycles. The van der Waals surface area contributed by atoms with Gasteiger partial charge in [-0.3, -0.25) is 4.79 Å². The normalized spacial score (nSPS) is 26.1. The van der Waals surface area contributed by atoms with Crippen LogP contribution in [0.1, 0.15) is 53.2 Å². The summed E-state index contributed by atoms with van der Waals surface area (Å²) in [5, 5.41) is 0. The van der Waals surface area contributed by atoms with Crippen LogP contribution in [0.3, 0.4) is 0 Å². The fourth-order valence-electron chi connectivity index (χ4n) is 5.04. The molecule has 10 heteroatoms. The van der Waals surface area contributed by atoms with Crippen molar-refractivity contribution >= 4 is 5.91 Å². The van der Waals surface area contributed by atoms with Crippen molar-refractivity contribution in [2.45, 2.75) is 62.8 Å². The maximum Gasteiger partial charge on any atom is 0.416 e. The number of nitrogens with two attached hydrogens (primary N) is 1. The molecule has 2 aliphatic heterocycles. The van der Waals surface area contributed by atoms with Gasteiger partial charge in [-0.2, -0.15) is 26.3 Å². The predicted octanol–water partition coefficient (Wildman–Crippen LogP) is 5.20. The lowest BCUT2D eigenvalue weighted by atomic mass is 9.85. The number of halogens is 6. The number of benzene rings is 2. The van der Waals surface area contributed by atoms with Gasteiger partial charge in [-0.15, -0.1) is 0 Å². The van der Waals surface area contributed by atoms with E-state index in [2.05, 4.69) is 0 Å². The molecule has 2 aromatic carbocycles. The largest absolute Gasteiger partial charge is 0.416 e. The summed E-state index contributed by atoms with van der Waals surface area (Å²) in [5.74, 6) is -0.546. The third-order valence-corrected chi connectivity index (χ3v) is 6.69. The summed E-state index contributed by atoms with van der Waals surface area (Å²) in [4.78, 5) is 14.2. The molecule has 0 aliphatic carbocycles. The molecule has 34 heavy (non-hydrogen) atoms. The van der Waals surface area contributed by atoms with E-state index in [1.54, 1.807) is 4.90 Å². The van der Waals surface area contributed by atoms with Gasteiger partial charge in [0.15, 0.2) is 0 Å². The van der Waals surface area contributed by atoms with Crippen LogP contribution in [-0.4, -0.2) is 35.5 Å². The Morgan fingerprint density at radius 1 is 1.03 bits per heavy atom. The summed E-state index contributed by atoms with van der Waals surface area (Å²) in [7, 11) is 0. The average molecular weight is 486 g/mol. The Kier molecular flexibility index (Phi) is 6.18. The molecular weight excluding hydrogens is 462 g/mol. The van der Waals surface area contributed by atoms with Crippen LogP contribution in [0.2, 0.25) is 0 Å². The van der Waals surface area contributed by atoms with Gasteiger partial charge in [0.1, 0.15) is 0 Å². The van der Waals surface area contributed by atoms with E-state index in [0.717, 1.165) is 11.1 Å². The molecular formula is C24H24F6N2O2. The Morgan fingerprint density at radius 2 is 1.62 bits per heavy atom. The lowest BCUT2D eigenvalue weighted by Gasteiger charge is -2.28. The summed E-state index contributed by atoms with van der Waals surface area (Å²) in [6.07, 6.45) is -11.2. The maximum absolute atomic E-state index is 13.3. The van der Waals surface area contributed by atoms with Gasteiger partial charge in [0, 0.05) is 18.5 Å². The number of hydrogen-bond donors (Lipinski definition) is 1. The molecule has 4 rings (SSSR count). The Balaban J connectivity index is 1.69. The highest BCUT2D eigenvalue weighted by molar-refractivity contribution is 5.85. The van der Waals surface area contributed by atoms with E-state index in [4.69, 9.17) is 10.5 Å². The Morgan fingerprint density at radius 3 is 2.18 bits per heavy atom. The first-order valence-corrected chi connectivity index (χ1v) is 10.8. The summed E-state index contributed by atoms with van der Waals surface area (Å²) in [5.41, 5.74) is 4.79. The molecule has 0 spiro atoms. The van der Waals surface area contributed by atoms with Crippen molar-refractivity contribution in [3.8, 4) is 0 Å². The van der Waals surface area contributed by atoms with Crippen molar-refractivity contribution in [2.24, 2.45) is 5.73 Å². The summed E-state index contributed by atoms with van der Waals surface area (Å²) < 4.78 is 85.9. The number of hydrogen-bond acceptors (Lipinski definition) is 3. The van der Waals surface area contributed by atoms with Gasteiger partial charge >= 0.3 is 12.4 Å². The van der Waals surface area contributed by atoms with E-state index < -0.39 is 41.7 Å². The van der Waals surface area contributed by atoms with Crippen molar-refractivity contribution in [3.05, 3.63) is 70.3 Å². The highest BCUT2D eigenvalue weighted by atomic mass is 19.4. The fourth-order valence-corrected chi connectivity index (χ4v) is 5.04. The smallest absolute Gasteiger partial charge is 0.368 e. The van der Waals surface area contributed by atoms with Crippen LogP contribution in [0.25, 0.3) is 0 Å². The zero-order chi connectivity index (χ0) is 25.0.